The fourth-order valence-electron chi connectivity index (χ4n) is 3.40. The number of likely N-dealkylation sites (tertiary alicyclic amines) is 1. The first kappa shape index (κ1) is 18.2. The molecule has 7 nitrogen and oxygen atoms in total. The summed E-state index contributed by atoms with van der Waals surface area (Å²) in [5.41, 5.74) is 1.60. The summed E-state index contributed by atoms with van der Waals surface area (Å²) in [6.07, 6.45) is 0.697. The van der Waals surface area contributed by atoms with Gasteiger partial charge in [0.15, 0.2) is 11.5 Å². The van der Waals surface area contributed by atoms with Crippen molar-refractivity contribution in [2.75, 3.05) is 33.5 Å². The van der Waals surface area contributed by atoms with Gasteiger partial charge in [0.2, 0.25) is 12.7 Å². The standard InChI is InChI=1S/C21H22N2O5/c1-26-17-5-3-2-4-14(17)8-9-22-20(24)16-11-23(12-16)21(25)15-6-7-18-19(10-15)28-13-27-18/h2-7,10,16H,8-9,11-13H2,1H3,(H,22,24). The van der Waals surface area contributed by atoms with Gasteiger partial charge in [0.25, 0.3) is 5.91 Å². The number of benzene rings is 2. The minimum atomic E-state index is -0.171. The number of para-hydroxylation sites is 1. The number of carbonyl (C=O) groups is 2. The van der Waals surface area contributed by atoms with Gasteiger partial charge in [-0.25, -0.2) is 0 Å². The normalized spacial score (nSPS) is 15.1. The molecule has 2 aliphatic heterocycles. The third-order valence-electron chi connectivity index (χ3n) is 5.05. The van der Waals surface area contributed by atoms with Gasteiger partial charge >= 0.3 is 0 Å². The Morgan fingerprint density at radius 3 is 2.75 bits per heavy atom. The minimum absolute atomic E-state index is 0.0235. The van der Waals surface area contributed by atoms with Crippen LogP contribution in [0.3, 0.4) is 0 Å². The highest BCUT2D eigenvalue weighted by Gasteiger charge is 2.36. The molecule has 2 aromatic rings. The molecule has 0 radical (unpaired) electrons. The van der Waals surface area contributed by atoms with Crippen LogP contribution < -0.4 is 19.5 Å². The van der Waals surface area contributed by atoms with Crippen LogP contribution in [0.25, 0.3) is 0 Å². The molecule has 0 atom stereocenters. The van der Waals surface area contributed by atoms with Crippen molar-refractivity contribution in [3.63, 3.8) is 0 Å². The molecule has 0 unspecified atom stereocenters. The van der Waals surface area contributed by atoms with E-state index >= 15 is 0 Å². The number of fused-ring (bicyclic) bond motifs is 1. The van der Waals surface area contributed by atoms with E-state index in [1.54, 1.807) is 30.2 Å². The zero-order chi connectivity index (χ0) is 19.5. The molecule has 146 valence electrons. The lowest BCUT2D eigenvalue weighted by atomic mass is 9.97. The van der Waals surface area contributed by atoms with Crippen molar-refractivity contribution >= 4 is 11.8 Å². The summed E-state index contributed by atoms with van der Waals surface area (Å²) in [6, 6.07) is 12.9. The first-order valence-corrected chi connectivity index (χ1v) is 9.24. The van der Waals surface area contributed by atoms with Crippen molar-refractivity contribution in [3.8, 4) is 17.2 Å². The van der Waals surface area contributed by atoms with Crippen LogP contribution in [0.4, 0.5) is 0 Å². The Morgan fingerprint density at radius 2 is 1.93 bits per heavy atom. The fourth-order valence-corrected chi connectivity index (χ4v) is 3.40. The lowest BCUT2D eigenvalue weighted by Crippen LogP contribution is -2.55. The molecular weight excluding hydrogens is 360 g/mol. The van der Waals surface area contributed by atoms with E-state index < -0.39 is 0 Å². The maximum absolute atomic E-state index is 12.5. The third kappa shape index (κ3) is 3.60. The van der Waals surface area contributed by atoms with Gasteiger partial charge in [0.1, 0.15) is 5.75 Å². The van der Waals surface area contributed by atoms with Crippen molar-refractivity contribution in [1.82, 2.24) is 10.2 Å². The minimum Gasteiger partial charge on any atom is -0.496 e. The summed E-state index contributed by atoms with van der Waals surface area (Å²) >= 11 is 0. The first-order valence-electron chi connectivity index (χ1n) is 9.24. The van der Waals surface area contributed by atoms with Crippen molar-refractivity contribution in [1.29, 1.82) is 0 Å². The van der Waals surface area contributed by atoms with E-state index in [2.05, 4.69) is 5.32 Å². The highest BCUT2D eigenvalue weighted by Crippen LogP contribution is 2.33. The van der Waals surface area contributed by atoms with Crippen molar-refractivity contribution in [2.24, 2.45) is 5.92 Å². The molecule has 2 amide bonds. The van der Waals surface area contributed by atoms with E-state index in [1.165, 1.54) is 0 Å². The van der Waals surface area contributed by atoms with Crippen LogP contribution >= 0.6 is 0 Å². The van der Waals surface area contributed by atoms with Crippen LogP contribution in [0.1, 0.15) is 15.9 Å². The molecule has 0 aliphatic carbocycles. The molecule has 28 heavy (non-hydrogen) atoms. The molecule has 0 saturated carbocycles. The van der Waals surface area contributed by atoms with Crippen LogP contribution in [0.15, 0.2) is 42.5 Å². The summed E-state index contributed by atoms with van der Waals surface area (Å²) in [6.45, 7) is 1.56. The molecule has 0 spiro atoms. The van der Waals surface area contributed by atoms with E-state index in [0.29, 0.717) is 43.1 Å². The summed E-state index contributed by atoms with van der Waals surface area (Å²) < 4.78 is 15.9. The lowest BCUT2D eigenvalue weighted by molar-refractivity contribution is -0.128. The van der Waals surface area contributed by atoms with Crippen LogP contribution in [-0.2, 0) is 11.2 Å². The Kier molecular flexibility index (Phi) is 5.06. The average Bonchev–Trinajstić information content (AvgIpc) is 3.15. The number of nitrogens with one attached hydrogen (secondary N) is 1. The molecule has 2 aromatic carbocycles. The van der Waals surface area contributed by atoms with Gasteiger partial charge in [0.05, 0.1) is 13.0 Å². The fraction of sp³-hybridized carbons (Fsp3) is 0.333. The van der Waals surface area contributed by atoms with Gasteiger partial charge in [-0.05, 0) is 36.2 Å². The van der Waals surface area contributed by atoms with Crippen molar-refractivity contribution < 1.29 is 23.8 Å². The molecule has 0 bridgehead atoms. The molecular formula is C21H22N2O5. The molecule has 0 aromatic heterocycles. The van der Waals surface area contributed by atoms with Crippen molar-refractivity contribution in [2.45, 2.75) is 6.42 Å². The highest BCUT2D eigenvalue weighted by atomic mass is 16.7. The van der Waals surface area contributed by atoms with Gasteiger partial charge < -0.3 is 24.4 Å². The number of carbonyl (C=O) groups excluding carboxylic acids is 2. The molecule has 4 rings (SSSR count). The van der Waals surface area contributed by atoms with Gasteiger partial charge in [-0.2, -0.15) is 0 Å². The Labute approximate surface area is 163 Å². The highest BCUT2D eigenvalue weighted by molar-refractivity contribution is 5.96. The van der Waals surface area contributed by atoms with Gasteiger partial charge in [-0.15, -0.1) is 0 Å². The summed E-state index contributed by atoms with van der Waals surface area (Å²) in [7, 11) is 1.64. The van der Waals surface area contributed by atoms with E-state index in [9.17, 15) is 9.59 Å². The SMILES string of the molecule is COc1ccccc1CCNC(=O)C1CN(C(=O)c2ccc3c(c2)OCO3)C1. The molecule has 1 saturated heterocycles. The topological polar surface area (TPSA) is 77.1 Å². The average molecular weight is 382 g/mol. The largest absolute Gasteiger partial charge is 0.496 e. The quantitative estimate of drug-likeness (QED) is 0.825. The number of methoxy groups -OCH3 is 1. The van der Waals surface area contributed by atoms with Crippen LogP contribution in [-0.4, -0.2) is 50.3 Å². The summed E-state index contributed by atoms with van der Waals surface area (Å²) in [5, 5.41) is 2.95. The number of hydrogen-bond donors (Lipinski definition) is 1. The zero-order valence-electron chi connectivity index (χ0n) is 15.6. The molecule has 1 fully saturated rings. The number of rotatable bonds is 6. The maximum Gasteiger partial charge on any atom is 0.254 e. The first-order chi connectivity index (χ1) is 13.7. The monoisotopic (exact) mass is 382 g/mol. The van der Waals surface area contributed by atoms with E-state index in [0.717, 1.165) is 11.3 Å². The molecule has 2 aliphatic rings. The number of nitrogens with zero attached hydrogens (tertiary/aromatic N) is 1. The van der Waals surface area contributed by atoms with Gasteiger partial charge in [-0.1, -0.05) is 18.2 Å². The Hall–Kier alpha value is -3.22. The maximum atomic E-state index is 12.5. The van der Waals surface area contributed by atoms with Crippen LogP contribution in [0.5, 0.6) is 17.2 Å². The Balaban J connectivity index is 1.24. The Morgan fingerprint density at radius 1 is 1.14 bits per heavy atom. The van der Waals surface area contributed by atoms with E-state index in [-0.39, 0.29) is 24.5 Å². The second-order valence-corrected chi connectivity index (χ2v) is 6.83. The second kappa shape index (κ2) is 7.80. The van der Waals surface area contributed by atoms with Crippen LogP contribution in [0, 0.1) is 5.92 Å². The van der Waals surface area contributed by atoms with Gasteiger partial charge in [0, 0.05) is 25.2 Å². The second-order valence-electron chi connectivity index (χ2n) is 6.83. The summed E-state index contributed by atoms with van der Waals surface area (Å²) in [5.74, 6) is 1.75. The summed E-state index contributed by atoms with van der Waals surface area (Å²) in [4.78, 5) is 26.5. The number of hydrogen-bond acceptors (Lipinski definition) is 5. The van der Waals surface area contributed by atoms with Crippen LogP contribution in [0.2, 0.25) is 0 Å². The smallest absolute Gasteiger partial charge is 0.254 e. The Bertz CT molecular complexity index is 892. The number of ether oxygens (including phenoxy) is 3. The van der Waals surface area contributed by atoms with E-state index in [1.807, 2.05) is 24.3 Å². The molecule has 1 N–H and O–H groups in total. The molecule has 7 heteroatoms. The van der Waals surface area contributed by atoms with E-state index in [4.69, 9.17) is 14.2 Å². The molecule has 2 heterocycles. The predicted octanol–water partition coefficient (Wildman–Crippen LogP) is 1.85. The third-order valence-corrected chi connectivity index (χ3v) is 5.05. The number of amides is 2. The lowest BCUT2D eigenvalue weighted by Gasteiger charge is -2.38. The zero-order valence-corrected chi connectivity index (χ0v) is 15.6. The van der Waals surface area contributed by atoms with Gasteiger partial charge in [-0.3, -0.25) is 9.59 Å². The van der Waals surface area contributed by atoms with Crippen molar-refractivity contribution in [3.05, 3.63) is 53.6 Å². The predicted molar refractivity (Wildman–Crippen MR) is 102 cm³/mol.